The molecule has 13 nitrogen and oxygen atoms in total. The van der Waals surface area contributed by atoms with Gasteiger partial charge in [0.15, 0.2) is 0 Å². The molecule has 3 N–H and O–H groups in total. The first kappa shape index (κ1) is 35.2. The van der Waals surface area contributed by atoms with Crippen LogP contribution in [0.2, 0.25) is 0 Å². The molecule has 7 rings (SSSR count). The van der Waals surface area contributed by atoms with Crippen molar-refractivity contribution in [1.82, 2.24) is 25.2 Å². The van der Waals surface area contributed by atoms with E-state index in [2.05, 4.69) is 15.4 Å². The molecule has 5 atom stereocenters. The normalized spacial score (nSPS) is 28.8. The molecule has 2 saturated carbocycles. The number of halogens is 1. The molecule has 0 radical (unpaired) electrons. The van der Waals surface area contributed by atoms with Crippen LogP contribution in [0.4, 0.5) is 9.18 Å². The Labute approximate surface area is 296 Å². The lowest BCUT2D eigenvalue weighted by Gasteiger charge is -2.30. The Bertz CT molecular complexity index is 1840. The van der Waals surface area contributed by atoms with Crippen molar-refractivity contribution >= 4 is 33.8 Å². The maximum Gasteiger partial charge on any atom is 0.410 e. The van der Waals surface area contributed by atoms with Crippen LogP contribution in [0.5, 0.6) is 0 Å². The molecule has 4 amide bonds. The van der Waals surface area contributed by atoms with Gasteiger partial charge in [0.1, 0.15) is 35.0 Å². The van der Waals surface area contributed by atoms with E-state index in [1.165, 1.54) is 15.9 Å². The lowest BCUT2D eigenvalue weighted by atomic mass is 10.0. The topological polar surface area (TPSA) is 167 Å². The fraction of sp³-hybridized carbons (Fsp3) is 0.556. The van der Waals surface area contributed by atoms with Crippen LogP contribution in [-0.4, -0.2) is 77.6 Å². The molecule has 4 heterocycles. The molecular formula is C36H44FN5O8S. The molecule has 3 aliphatic heterocycles. The zero-order valence-corrected chi connectivity index (χ0v) is 29.4. The molecule has 1 aromatic carbocycles. The Hall–Kier alpha value is -4.24. The number of ether oxygens (including phenoxy) is 1. The first-order valence-corrected chi connectivity index (χ1v) is 19.3. The number of nitrogens with one attached hydrogen (secondary N) is 3. The third-order valence-corrected chi connectivity index (χ3v) is 12.4. The zero-order valence-electron chi connectivity index (χ0n) is 28.6. The molecule has 2 aromatic rings. The summed E-state index contributed by atoms with van der Waals surface area (Å²) in [4.78, 5) is 58.3. The Kier molecular flexibility index (Phi) is 9.69. The van der Waals surface area contributed by atoms with Crippen molar-refractivity contribution in [1.29, 1.82) is 0 Å². The van der Waals surface area contributed by atoms with Crippen molar-refractivity contribution in [2.24, 2.45) is 5.92 Å². The fourth-order valence-electron chi connectivity index (χ4n) is 7.43. The molecule has 0 bridgehead atoms. The number of sulfonamides is 1. The van der Waals surface area contributed by atoms with Crippen LogP contribution in [0.15, 0.2) is 46.9 Å². The Morgan fingerprint density at radius 1 is 1.10 bits per heavy atom. The molecule has 51 heavy (non-hydrogen) atoms. The number of carbonyl (C=O) groups excluding carboxylic acids is 4. The quantitative estimate of drug-likeness (QED) is 0.363. The van der Waals surface area contributed by atoms with Crippen molar-refractivity contribution in [3.8, 4) is 0 Å². The molecule has 3 fully saturated rings. The first-order chi connectivity index (χ1) is 24.4. The molecule has 1 aromatic heterocycles. The Balaban J connectivity index is 1.13. The van der Waals surface area contributed by atoms with Crippen molar-refractivity contribution in [3.63, 3.8) is 0 Å². The molecule has 274 valence electrons. The lowest BCUT2D eigenvalue weighted by molar-refractivity contribution is -0.141. The van der Waals surface area contributed by atoms with E-state index < -0.39 is 68.6 Å². The fourth-order valence-corrected chi connectivity index (χ4v) is 8.80. The predicted molar refractivity (Wildman–Crippen MR) is 181 cm³/mol. The maximum absolute atomic E-state index is 14.4. The summed E-state index contributed by atoms with van der Waals surface area (Å²) in [5.74, 6) is -1.24. The van der Waals surface area contributed by atoms with Gasteiger partial charge in [-0.25, -0.2) is 17.6 Å². The van der Waals surface area contributed by atoms with E-state index in [9.17, 15) is 32.0 Å². The van der Waals surface area contributed by atoms with E-state index >= 15 is 0 Å². The van der Waals surface area contributed by atoms with Crippen molar-refractivity contribution in [3.05, 3.63) is 70.9 Å². The highest BCUT2D eigenvalue weighted by Gasteiger charge is 2.62. The van der Waals surface area contributed by atoms with Gasteiger partial charge in [0.2, 0.25) is 21.8 Å². The maximum atomic E-state index is 14.4. The van der Waals surface area contributed by atoms with Crippen molar-refractivity contribution in [2.45, 2.75) is 113 Å². The van der Waals surface area contributed by atoms with Crippen molar-refractivity contribution in [2.75, 3.05) is 6.54 Å². The second-order valence-electron chi connectivity index (χ2n) is 14.4. The summed E-state index contributed by atoms with van der Waals surface area (Å²) < 4.78 is 53.7. The van der Waals surface area contributed by atoms with E-state index in [-0.39, 0.29) is 44.9 Å². The molecule has 15 heteroatoms. The smallest absolute Gasteiger partial charge is 0.410 e. The van der Waals surface area contributed by atoms with Crippen LogP contribution in [0, 0.1) is 18.7 Å². The molecule has 5 aliphatic rings. The number of fused-ring (bicyclic) bond motifs is 3. The Morgan fingerprint density at radius 3 is 2.67 bits per heavy atom. The Morgan fingerprint density at radius 2 is 1.92 bits per heavy atom. The minimum Gasteiger partial charge on any atom is -0.465 e. The second-order valence-corrected chi connectivity index (χ2v) is 16.4. The number of furan rings is 1. The first-order valence-electron chi connectivity index (χ1n) is 17.8. The van der Waals surface area contributed by atoms with Crippen LogP contribution in [0.25, 0.3) is 0 Å². The van der Waals surface area contributed by atoms with Gasteiger partial charge < -0.3 is 19.4 Å². The van der Waals surface area contributed by atoms with Crippen LogP contribution in [0.1, 0.15) is 80.4 Å². The number of allylic oxidation sites excluding steroid dienone is 1. The minimum atomic E-state index is -3.89. The number of hydrogen-bond acceptors (Lipinski definition) is 9. The van der Waals surface area contributed by atoms with Gasteiger partial charge in [-0.05, 0) is 69.2 Å². The minimum absolute atomic E-state index is 0.0364. The number of amides is 4. The van der Waals surface area contributed by atoms with Gasteiger partial charge in [0.05, 0.1) is 30.9 Å². The number of rotatable bonds is 7. The summed E-state index contributed by atoms with van der Waals surface area (Å²) >= 11 is 0. The van der Waals surface area contributed by atoms with Crippen LogP contribution in [-0.2, 0) is 48.8 Å². The highest BCUT2D eigenvalue weighted by Crippen LogP contribution is 2.46. The largest absolute Gasteiger partial charge is 0.465 e. The molecule has 0 unspecified atom stereocenters. The molecule has 2 aliphatic carbocycles. The second kappa shape index (κ2) is 14.1. The summed E-state index contributed by atoms with van der Waals surface area (Å²) in [7, 11) is -3.89. The number of nitrogens with zero attached hydrogens (tertiary/aromatic N) is 2. The third kappa shape index (κ3) is 7.55. The summed E-state index contributed by atoms with van der Waals surface area (Å²) in [5.41, 5.74) is -0.398. The van der Waals surface area contributed by atoms with Gasteiger partial charge in [-0.3, -0.25) is 29.3 Å². The summed E-state index contributed by atoms with van der Waals surface area (Å²) in [6.45, 7) is 2.24. The van der Waals surface area contributed by atoms with Gasteiger partial charge in [-0.1, -0.05) is 37.1 Å². The number of aryl methyl sites for hydroxylation is 1. The third-order valence-electron chi connectivity index (χ3n) is 10.6. The van der Waals surface area contributed by atoms with E-state index in [1.54, 1.807) is 12.1 Å². The van der Waals surface area contributed by atoms with E-state index in [0.717, 1.165) is 31.4 Å². The van der Waals surface area contributed by atoms with Crippen molar-refractivity contribution < 1.29 is 41.1 Å². The summed E-state index contributed by atoms with van der Waals surface area (Å²) in [5, 5.41) is 5.52. The van der Waals surface area contributed by atoms with Gasteiger partial charge in [-0.15, -0.1) is 0 Å². The van der Waals surface area contributed by atoms with E-state index in [4.69, 9.17) is 9.15 Å². The van der Waals surface area contributed by atoms with Crippen LogP contribution < -0.4 is 15.4 Å². The van der Waals surface area contributed by atoms with Gasteiger partial charge in [0, 0.05) is 24.4 Å². The SMILES string of the molecule is Cc1ccc(CN[C@H]2CCCCC/C=C\[C@H]3C[C@@]3(C(=O)NS(=O)(=O)C3CC3)NC(=O)[C@@H]3C[C@@H](OC(=O)N4Cc5cccc(F)c5C4)CN3C2=O)o1. The molecular weight excluding hydrogens is 681 g/mol. The van der Waals surface area contributed by atoms with Gasteiger partial charge in [0.25, 0.3) is 5.91 Å². The highest BCUT2D eigenvalue weighted by molar-refractivity contribution is 7.91. The highest BCUT2D eigenvalue weighted by atomic mass is 32.2. The predicted octanol–water partition coefficient (Wildman–Crippen LogP) is 3.31. The lowest BCUT2D eigenvalue weighted by Crippen LogP contribution is -2.58. The number of benzene rings is 1. The summed E-state index contributed by atoms with van der Waals surface area (Å²) in [6, 6.07) is 6.54. The van der Waals surface area contributed by atoms with Crippen LogP contribution in [0.3, 0.4) is 0 Å². The zero-order chi connectivity index (χ0) is 35.9. The molecule has 0 spiro atoms. The number of carbonyl (C=O) groups is 4. The van der Waals surface area contributed by atoms with E-state index in [0.29, 0.717) is 36.1 Å². The average molecular weight is 726 g/mol. The van der Waals surface area contributed by atoms with Gasteiger partial charge >= 0.3 is 6.09 Å². The number of hydrogen-bond donors (Lipinski definition) is 3. The monoisotopic (exact) mass is 725 g/mol. The molecule has 1 saturated heterocycles. The summed E-state index contributed by atoms with van der Waals surface area (Å²) in [6.07, 6.45) is 7.01. The van der Waals surface area contributed by atoms with Crippen LogP contribution >= 0.6 is 0 Å². The van der Waals surface area contributed by atoms with Gasteiger partial charge in [-0.2, -0.15) is 0 Å². The average Bonchev–Trinajstić information content (AvgIpc) is 3.91. The van der Waals surface area contributed by atoms with E-state index in [1.807, 2.05) is 31.2 Å². The standard InChI is InChI=1S/C36H44FN5O8S/c1-22-12-13-25(49-22)18-38-30-11-6-4-2-3-5-9-24-17-36(24,34(45)40-51(47,48)27-14-15-27)39-32(43)31-16-26(20-42(31)33(30)44)50-35(46)41-19-23-8-7-10-29(37)28(23)21-41/h5,7-10,12-13,24,26-27,30-31,38H,2-4,6,11,14-21H2,1H3,(H,39,43)(H,40,45)/b9-5-/t24-,26+,30-,31-,36+/m0/s1.